The Morgan fingerprint density at radius 3 is 2.68 bits per heavy atom. The van der Waals surface area contributed by atoms with Crippen molar-refractivity contribution >= 4 is 48.9 Å². The van der Waals surface area contributed by atoms with Crippen molar-refractivity contribution in [3.05, 3.63) is 45.0 Å². The molecule has 0 aliphatic carbocycles. The van der Waals surface area contributed by atoms with Crippen molar-refractivity contribution in [2.75, 3.05) is 7.05 Å². The van der Waals surface area contributed by atoms with Gasteiger partial charge in [0, 0.05) is 18.1 Å². The molecule has 1 aromatic carbocycles. The molecule has 0 fully saturated rings. The summed E-state index contributed by atoms with van der Waals surface area (Å²) in [6, 6.07) is 7.49. The van der Waals surface area contributed by atoms with Gasteiger partial charge < -0.3 is 0 Å². The van der Waals surface area contributed by atoms with Crippen molar-refractivity contribution in [1.29, 1.82) is 0 Å². The second kappa shape index (κ2) is 5.88. The van der Waals surface area contributed by atoms with E-state index in [-0.39, 0.29) is 15.2 Å². The highest BCUT2D eigenvalue weighted by molar-refractivity contribution is 9.10. The van der Waals surface area contributed by atoms with Crippen molar-refractivity contribution in [2.45, 2.75) is 10.8 Å². The van der Waals surface area contributed by atoms with Crippen LogP contribution in [0.2, 0.25) is 4.47 Å². The van der Waals surface area contributed by atoms with Gasteiger partial charge in [0.05, 0.1) is 6.20 Å². The van der Waals surface area contributed by atoms with Crippen LogP contribution < -0.4 is 0 Å². The summed E-state index contributed by atoms with van der Waals surface area (Å²) in [6.07, 6.45) is 1.28. The normalized spacial score (nSPS) is 12.0. The van der Waals surface area contributed by atoms with Crippen molar-refractivity contribution in [3.8, 4) is 0 Å². The van der Waals surface area contributed by atoms with Gasteiger partial charge >= 0.3 is 0 Å². The summed E-state index contributed by atoms with van der Waals surface area (Å²) in [5, 5.41) is 0. The van der Waals surface area contributed by atoms with Crippen LogP contribution in [0.3, 0.4) is 0 Å². The Morgan fingerprint density at radius 1 is 1.42 bits per heavy atom. The Morgan fingerprint density at radius 2 is 2.11 bits per heavy atom. The summed E-state index contributed by atoms with van der Waals surface area (Å²) in [6.45, 7) is 0.277. The van der Waals surface area contributed by atoms with E-state index < -0.39 is 10.0 Å². The monoisotopic (exact) mass is 380 g/mol. The molecule has 2 rings (SSSR count). The molecule has 1 heterocycles. The number of aromatic nitrogens is 1. The van der Waals surface area contributed by atoms with E-state index in [9.17, 15) is 8.42 Å². The molecule has 19 heavy (non-hydrogen) atoms. The first-order valence-corrected chi connectivity index (χ1v) is 8.65. The Bertz CT molecular complexity index is 688. The van der Waals surface area contributed by atoms with Crippen LogP contribution in [0.4, 0.5) is 0 Å². The number of sulfonamides is 1. The molecule has 102 valence electrons. The van der Waals surface area contributed by atoms with Crippen LogP contribution >= 0.6 is 38.9 Å². The number of halogens is 2. The second-order valence-electron chi connectivity index (χ2n) is 3.78. The van der Waals surface area contributed by atoms with Gasteiger partial charge in [0.25, 0.3) is 10.0 Å². The van der Waals surface area contributed by atoms with Gasteiger partial charge in [-0.05, 0) is 11.6 Å². The lowest BCUT2D eigenvalue weighted by atomic mass is 10.2. The molecular formula is C11H10BrClN2O2S2. The molecule has 0 aliphatic heterocycles. The molecule has 0 amide bonds. The third kappa shape index (κ3) is 3.35. The van der Waals surface area contributed by atoms with Gasteiger partial charge in [-0.3, -0.25) is 0 Å². The van der Waals surface area contributed by atoms with E-state index in [0.29, 0.717) is 0 Å². The number of hydrogen-bond donors (Lipinski definition) is 0. The van der Waals surface area contributed by atoms with Gasteiger partial charge in [0.15, 0.2) is 8.68 Å². The minimum absolute atomic E-state index is 0.145. The maximum atomic E-state index is 12.3. The molecule has 0 N–H and O–H groups in total. The maximum absolute atomic E-state index is 12.3. The van der Waals surface area contributed by atoms with Gasteiger partial charge in [-0.25, -0.2) is 13.4 Å². The lowest BCUT2D eigenvalue weighted by molar-refractivity contribution is 0.467. The lowest BCUT2D eigenvalue weighted by Gasteiger charge is -2.16. The first-order valence-electron chi connectivity index (χ1n) is 5.22. The molecule has 4 nitrogen and oxygen atoms in total. The molecule has 0 atom stereocenters. The van der Waals surface area contributed by atoms with Gasteiger partial charge in [-0.2, -0.15) is 4.31 Å². The third-order valence-electron chi connectivity index (χ3n) is 2.47. The van der Waals surface area contributed by atoms with E-state index in [1.54, 1.807) is 0 Å². The first-order chi connectivity index (χ1) is 8.91. The summed E-state index contributed by atoms with van der Waals surface area (Å²) in [4.78, 5) is 3.76. The van der Waals surface area contributed by atoms with Crippen LogP contribution in [-0.2, 0) is 16.6 Å². The Balaban J connectivity index is 2.25. The van der Waals surface area contributed by atoms with E-state index in [1.807, 2.05) is 24.3 Å². The first kappa shape index (κ1) is 14.9. The lowest BCUT2D eigenvalue weighted by Crippen LogP contribution is -2.26. The zero-order chi connectivity index (χ0) is 14.0. The fourth-order valence-corrected chi connectivity index (χ4v) is 4.53. The Labute approximate surface area is 129 Å². The minimum Gasteiger partial charge on any atom is -0.232 e. The third-order valence-corrected chi connectivity index (χ3v) is 6.60. The number of thiazole rings is 1. The van der Waals surface area contributed by atoms with Crippen molar-refractivity contribution in [3.63, 3.8) is 0 Å². The summed E-state index contributed by atoms with van der Waals surface area (Å²) < 4.78 is 27.1. The highest BCUT2D eigenvalue weighted by Crippen LogP contribution is 2.26. The molecule has 0 saturated heterocycles. The quantitative estimate of drug-likeness (QED) is 0.816. The van der Waals surface area contributed by atoms with Crippen LogP contribution in [-0.4, -0.2) is 24.8 Å². The van der Waals surface area contributed by atoms with Gasteiger partial charge in [0.1, 0.15) is 0 Å². The average molecular weight is 382 g/mol. The van der Waals surface area contributed by atoms with Gasteiger partial charge in [-0.1, -0.05) is 57.1 Å². The molecule has 0 aliphatic rings. The average Bonchev–Trinajstić information content (AvgIpc) is 2.79. The molecule has 1 aromatic heterocycles. The summed E-state index contributed by atoms with van der Waals surface area (Å²) in [5.74, 6) is 0. The van der Waals surface area contributed by atoms with E-state index in [0.717, 1.165) is 21.4 Å². The highest BCUT2D eigenvalue weighted by atomic mass is 79.9. The molecule has 0 spiro atoms. The fourth-order valence-electron chi connectivity index (χ4n) is 1.46. The second-order valence-corrected chi connectivity index (χ2v) is 8.52. The maximum Gasteiger partial charge on any atom is 0.254 e. The van der Waals surface area contributed by atoms with Crippen LogP contribution in [0, 0.1) is 0 Å². The number of benzene rings is 1. The fraction of sp³-hybridized carbons (Fsp3) is 0.182. The minimum atomic E-state index is -3.55. The smallest absolute Gasteiger partial charge is 0.232 e. The standard InChI is InChI=1S/C11H10BrClN2O2S2/c1-15(7-8-4-2-3-5-9(8)12)19(16,17)10-6-14-11(13)18-10/h2-6H,7H2,1H3. The van der Waals surface area contributed by atoms with E-state index >= 15 is 0 Å². The van der Waals surface area contributed by atoms with E-state index in [4.69, 9.17) is 11.6 Å². The van der Waals surface area contributed by atoms with Crippen LogP contribution in [0.5, 0.6) is 0 Å². The number of nitrogens with zero attached hydrogens (tertiary/aromatic N) is 2. The molecule has 0 radical (unpaired) electrons. The van der Waals surface area contributed by atoms with E-state index in [2.05, 4.69) is 20.9 Å². The van der Waals surface area contributed by atoms with Gasteiger partial charge in [0.2, 0.25) is 0 Å². The number of hydrogen-bond acceptors (Lipinski definition) is 4. The zero-order valence-corrected chi connectivity index (χ0v) is 13.9. The SMILES string of the molecule is CN(Cc1ccccc1Br)S(=O)(=O)c1cnc(Cl)s1. The summed E-state index contributed by atoms with van der Waals surface area (Å²) in [7, 11) is -2.02. The summed E-state index contributed by atoms with van der Waals surface area (Å²) in [5.41, 5.74) is 0.893. The van der Waals surface area contributed by atoms with Crippen LogP contribution in [0.25, 0.3) is 0 Å². The van der Waals surface area contributed by atoms with Crippen molar-refractivity contribution < 1.29 is 8.42 Å². The Kier molecular flexibility index (Phi) is 4.62. The predicted molar refractivity (Wildman–Crippen MR) is 79.9 cm³/mol. The van der Waals surface area contributed by atoms with Gasteiger partial charge in [-0.15, -0.1) is 0 Å². The van der Waals surface area contributed by atoms with Crippen LogP contribution in [0.15, 0.2) is 39.1 Å². The molecule has 2 aromatic rings. The zero-order valence-electron chi connectivity index (χ0n) is 9.88. The predicted octanol–water partition coefficient (Wildman–Crippen LogP) is 3.38. The molecular weight excluding hydrogens is 372 g/mol. The number of rotatable bonds is 4. The van der Waals surface area contributed by atoms with E-state index in [1.165, 1.54) is 17.5 Å². The van der Waals surface area contributed by atoms with Crippen molar-refractivity contribution in [2.24, 2.45) is 0 Å². The Hall–Kier alpha value is -0.470. The largest absolute Gasteiger partial charge is 0.254 e. The molecule has 0 saturated carbocycles. The molecule has 0 bridgehead atoms. The van der Waals surface area contributed by atoms with Crippen LogP contribution in [0.1, 0.15) is 5.56 Å². The molecule has 0 unspecified atom stereocenters. The summed E-state index contributed by atoms with van der Waals surface area (Å²) >= 11 is 10.0. The van der Waals surface area contributed by atoms with Crippen molar-refractivity contribution in [1.82, 2.24) is 9.29 Å². The molecule has 8 heteroatoms. The topological polar surface area (TPSA) is 50.3 Å². The highest BCUT2D eigenvalue weighted by Gasteiger charge is 2.24.